The third-order valence-corrected chi connectivity index (χ3v) is 4.16. The van der Waals surface area contributed by atoms with Crippen LogP contribution in [-0.2, 0) is 10.1 Å². The smallest absolute Gasteiger partial charge is 0.339 e. The Morgan fingerprint density at radius 1 is 1.19 bits per heavy atom. The minimum absolute atomic E-state index is 0.0110. The Hall–Kier alpha value is -1.92. The van der Waals surface area contributed by atoms with E-state index in [-0.39, 0.29) is 21.5 Å². The van der Waals surface area contributed by atoms with Gasteiger partial charge in [0.05, 0.1) is 5.02 Å². The summed E-state index contributed by atoms with van der Waals surface area (Å²) in [6.07, 6.45) is 0. The van der Waals surface area contributed by atoms with Crippen molar-refractivity contribution >= 4 is 27.5 Å². The molecule has 0 spiro atoms. The fourth-order valence-corrected chi connectivity index (χ4v) is 2.77. The lowest BCUT2D eigenvalue weighted by molar-refractivity contribution is 0.101. The molecule has 21 heavy (non-hydrogen) atoms. The minimum Gasteiger partial charge on any atom is -0.379 e. The maximum atomic E-state index is 13.1. The zero-order chi connectivity index (χ0) is 15.6. The highest BCUT2D eigenvalue weighted by Crippen LogP contribution is 2.23. The number of rotatable bonds is 4. The number of carbonyl (C=O) groups is 1. The summed E-state index contributed by atoms with van der Waals surface area (Å²) in [4.78, 5) is 11.0. The van der Waals surface area contributed by atoms with Crippen LogP contribution in [0.1, 0.15) is 17.3 Å². The number of halogens is 2. The van der Waals surface area contributed by atoms with Gasteiger partial charge in [-0.15, -0.1) is 0 Å². The second-order valence-electron chi connectivity index (χ2n) is 4.20. The van der Waals surface area contributed by atoms with Gasteiger partial charge < -0.3 is 4.18 Å². The van der Waals surface area contributed by atoms with Gasteiger partial charge >= 0.3 is 10.1 Å². The molecule has 0 aliphatic heterocycles. The fourth-order valence-electron chi connectivity index (χ4n) is 1.57. The van der Waals surface area contributed by atoms with Crippen LogP contribution < -0.4 is 4.18 Å². The Kier molecular flexibility index (Phi) is 4.29. The van der Waals surface area contributed by atoms with Gasteiger partial charge in [-0.3, -0.25) is 4.79 Å². The van der Waals surface area contributed by atoms with E-state index in [2.05, 4.69) is 0 Å². The van der Waals surface area contributed by atoms with Crippen LogP contribution in [0.5, 0.6) is 5.75 Å². The lowest BCUT2D eigenvalue weighted by atomic mass is 10.1. The Bertz CT molecular complexity index is 802. The second-order valence-corrected chi connectivity index (χ2v) is 6.15. The summed E-state index contributed by atoms with van der Waals surface area (Å²) in [6, 6.07) is 8.69. The van der Waals surface area contributed by atoms with Crippen LogP contribution in [0.15, 0.2) is 47.4 Å². The average molecular weight is 329 g/mol. The molecule has 0 N–H and O–H groups in total. The summed E-state index contributed by atoms with van der Waals surface area (Å²) < 4.78 is 42.1. The number of Topliss-reactive ketones (excluding diaryl/α,β-unsaturated/α-hetero) is 1. The van der Waals surface area contributed by atoms with E-state index in [4.69, 9.17) is 15.8 Å². The largest absolute Gasteiger partial charge is 0.379 e. The predicted molar refractivity (Wildman–Crippen MR) is 75.7 cm³/mol. The van der Waals surface area contributed by atoms with E-state index in [0.717, 1.165) is 18.2 Å². The highest BCUT2D eigenvalue weighted by molar-refractivity contribution is 7.87. The normalized spacial score (nSPS) is 11.2. The van der Waals surface area contributed by atoms with Crippen LogP contribution in [0, 0.1) is 5.82 Å². The number of hydrogen-bond acceptors (Lipinski definition) is 4. The first kappa shape index (κ1) is 15.5. The summed E-state index contributed by atoms with van der Waals surface area (Å²) in [6.45, 7) is 1.35. The molecule has 0 aromatic heterocycles. The van der Waals surface area contributed by atoms with Crippen molar-refractivity contribution in [3.05, 3.63) is 58.9 Å². The molecule has 4 nitrogen and oxygen atoms in total. The summed E-state index contributed by atoms with van der Waals surface area (Å²) in [7, 11) is -4.16. The molecule has 0 radical (unpaired) electrons. The van der Waals surface area contributed by atoms with Gasteiger partial charge in [-0.2, -0.15) is 8.42 Å². The van der Waals surface area contributed by atoms with E-state index in [1.54, 1.807) is 0 Å². The fraction of sp³-hybridized carbons (Fsp3) is 0.0714. The first-order valence-corrected chi connectivity index (χ1v) is 7.59. The maximum absolute atomic E-state index is 13.1. The molecule has 2 aromatic rings. The number of hydrogen-bond donors (Lipinski definition) is 0. The van der Waals surface area contributed by atoms with E-state index in [0.29, 0.717) is 5.56 Å². The molecule has 0 saturated heterocycles. The third kappa shape index (κ3) is 3.59. The zero-order valence-electron chi connectivity index (χ0n) is 10.8. The van der Waals surface area contributed by atoms with E-state index >= 15 is 0 Å². The molecule has 0 aliphatic rings. The molecule has 0 atom stereocenters. The molecule has 7 heteroatoms. The van der Waals surface area contributed by atoms with Crippen LogP contribution in [0.2, 0.25) is 5.02 Å². The molecular formula is C14H10ClFO4S. The van der Waals surface area contributed by atoms with Crippen molar-refractivity contribution in [3.63, 3.8) is 0 Å². The van der Waals surface area contributed by atoms with E-state index in [9.17, 15) is 17.6 Å². The van der Waals surface area contributed by atoms with Gasteiger partial charge in [0.1, 0.15) is 16.5 Å². The minimum atomic E-state index is -4.16. The molecule has 110 valence electrons. The van der Waals surface area contributed by atoms with Gasteiger partial charge in [0.15, 0.2) is 5.78 Å². The van der Waals surface area contributed by atoms with Crippen molar-refractivity contribution in [1.82, 2.24) is 0 Å². The molecule has 2 aromatic carbocycles. The molecule has 0 aliphatic carbocycles. The molecule has 0 unspecified atom stereocenters. The van der Waals surface area contributed by atoms with E-state index < -0.39 is 15.9 Å². The average Bonchev–Trinajstić information content (AvgIpc) is 2.41. The Morgan fingerprint density at radius 2 is 1.90 bits per heavy atom. The van der Waals surface area contributed by atoms with Gasteiger partial charge in [0.25, 0.3) is 0 Å². The van der Waals surface area contributed by atoms with Crippen LogP contribution in [0.3, 0.4) is 0 Å². The molecule has 0 saturated carbocycles. The SMILES string of the molecule is CC(=O)c1cccc(OS(=O)(=O)c2ccc(F)c(Cl)c2)c1. The van der Waals surface area contributed by atoms with Crippen molar-refractivity contribution in [2.24, 2.45) is 0 Å². The van der Waals surface area contributed by atoms with Crippen molar-refractivity contribution in [2.45, 2.75) is 11.8 Å². The Balaban J connectivity index is 2.35. The van der Waals surface area contributed by atoms with Crippen molar-refractivity contribution in [3.8, 4) is 5.75 Å². The van der Waals surface area contributed by atoms with Crippen LogP contribution in [-0.4, -0.2) is 14.2 Å². The maximum Gasteiger partial charge on any atom is 0.339 e. The third-order valence-electron chi connectivity index (χ3n) is 2.63. The quantitative estimate of drug-likeness (QED) is 0.637. The molecule has 0 amide bonds. The van der Waals surface area contributed by atoms with E-state index in [1.165, 1.54) is 31.2 Å². The topological polar surface area (TPSA) is 60.4 Å². The van der Waals surface area contributed by atoms with Gasteiger partial charge in [-0.1, -0.05) is 23.7 Å². The Labute approximate surface area is 126 Å². The molecule has 0 heterocycles. The van der Waals surface area contributed by atoms with Crippen LogP contribution in [0.25, 0.3) is 0 Å². The monoisotopic (exact) mass is 328 g/mol. The zero-order valence-corrected chi connectivity index (χ0v) is 12.4. The number of ketones is 1. The molecule has 2 rings (SSSR count). The first-order chi connectivity index (χ1) is 9.79. The predicted octanol–water partition coefficient (Wildman–Crippen LogP) is 3.45. The standard InChI is InChI=1S/C14H10ClFO4S/c1-9(17)10-3-2-4-11(7-10)20-21(18,19)12-5-6-14(16)13(15)8-12/h2-8H,1H3. The molecular weight excluding hydrogens is 319 g/mol. The van der Waals surface area contributed by atoms with Crippen LogP contribution >= 0.6 is 11.6 Å². The second kappa shape index (κ2) is 5.83. The van der Waals surface area contributed by atoms with Gasteiger partial charge in [-0.05, 0) is 37.3 Å². The van der Waals surface area contributed by atoms with E-state index in [1.807, 2.05) is 0 Å². The van der Waals surface area contributed by atoms with Crippen molar-refractivity contribution < 1.29 is 21.8 Å². The highest BCUT2D eigenvalue weighted by atomic mass is 35.5. The van der Waals surface area contributed by atoms with Crippen molar-refractivity contribution in [2.75, 3.05) is 0 Å². The molecule has 0 fully saturated rings. The lowest BCUT2D eigenvalue weighted by Gasteiger charge is -2.08. The summed E-state index contributed by atoms with van der Waals surface area (Å²) in [5, 5.41) is -0.322. The van der Waals surface area contributed by atoms with Crippen LogP contribution in [0.4, 0.5) is 4.39 Å². The summed E-state index contributed by atoms with van der Waals surface area (Å²) >= 11 is 5.55. The highest BCUT2D eigenvalue weighted by Gasteiger charge is 2.18. The van der Waals surface area contributed by atoms with Gasteiger partial charge in [-0.25, -0.2) is 4.39 Å². The summed E-state index contributed by atoms with van der Waals surface area (Å²) in [5.74, 6) is -0.958. The van der Waals surface area contributed by atoms with Gasteiger partial charge in [0.2, 0.25) is 0 Å². The molecule has 0 bridgehead atoms. The first-order valence-electron chi connectivity index (χ1n) is 5.80. The van der Waals surface area contributed by atoms with Gasteiger partial charge in [0, 0.05) is 5.56 Å². The number of carbonyl (C=O) groups excluding carboxylic acids is 1. The Morgan fingerprint density at radius 3 is 2.52 bits per heavy atom. The van der Waals surface area contributed by atoms with Crippen molar-refractivity contribution in [1.29, 1.82) is 0 Å². The lowest BCUT2D eigenvalue weighted by Crippen LogP contribution is -2.10. The summed E-state index contributed by atoms with van der Waals surface area (Å²) in [5.41, 5.74) is 0.319. The number of benzene rings is 2.